The zero-order valence-electron chi connectivity index (χ0n) is 8.29. The first-order valence-corrected chi connectivity index (χ1v) is 4.94. The molecule has 2 heterocycles. The Kier molecular flexibility index (Phi) is 2.36. The van der Waals surface area contributed by atoms with Crippen LogP contribution in [0.4, 0.5) is 0 Å². The van der Waals surface area contributed by atoms with E-state index in [1.54, 1.807) is 0 Å². The van der Waals surface area contributed by atoms with Crippen LogP contribution >= 0.6 is 0 Å². The number of aryl methyl sites for hydroxylation is 1. The average molecular weight is 180 g/mol. The van der Waals surface area contributed by atoms with Crippen LogP contribution in [-0.4, -0.2) is 22.5 Å². The minimum atomic E-state index is 0.372. The summed E-state index contributed by atoms with van der Waals surface area (Å²) in [5.41, 5.74) is 2.70. The van der Waals surface area contributed by atoms with E-state index in [4.69, 9.17) is 4.74 Å². The van der Waals surface area contributed by atoms with Crippen LogP contribution in [0.1, 0.15) is 24.6 Å². The second kappa shape index (κ2) is 3.50. The molecule has 13 heavy (non-hydrogen) atoms. The van der Waals surface area contributed by atoms with Crippen LogP contribution < -0.4 is 0 Å². The van der Waals surface area contributed by atoms with Crippen molar-refractivity contribution in [1.29, 1.82) is 0 Å². The van der Waals surface area contributed by atoms with Crippen LogP contribution in [0.5, 0.6) is 0 Å². The van der Waals surface area contributed by atoms with Gasteiger partial charge in [0.15, 0.2) is 0 Å². The fraction of sp³-hybridized carbons (Fsp3) is 0.700. The Morgan fingerprint density at radius 2 is 2.54 bits per heavy atom. The van der Waals surface area contributed by atoms with Gasteiger partial charge in [0.25, 0.3) is 0 Å². The summed E-state index contributed by atoms with van der Waals surface area (Å²) >= 11 is 0. The Bertz CT molecular complexity index is 293. The number of hydrogen-bond donors (Lipinski definition) is 0. The highest BCUT2D eigenvalue weighted by atomic mass is 16.5. The summed E-state index contributed by atoms with van der Waals surface area (Å²) in [6, 6.07) is 0. The molecule has 0 aliphatic carbocycles. The lowest BCUT2D eigenvalue weighted by Crippen LogP contribution is -2.27. The van der Waals surface area contributed by atoms with Gasteiger partial charge >= 0.3 is 0 Å². The lowest BCUT2D eigenvalue weighted by Gasteiger charge is -2.23. The highest BCUT2D eigenvalue weighted by Gasteiger charge is 2.20. The Balaban J connectivity index is 2.11. The zero-order chi connectivity index (χ0) is 9.26. The third-order valence-electron chi connectivity index (χ3n) is 2.64. The third kappa shape index (κ3) is 1.61. The van der Waals surface area contributed by atoms with Gasteiger partial charge in [0.1, 0.15) is 0 Å². The average Bonchev–Trinajstić information content (AvgIpc) is 2.48. The van der Waals surface area contributed by atoms with Crippen molar-refractivity contribution in [3.05, 3.63) is 17.5 Å². The van der Waals surface area contributed by atoms with Gasteiger partial charge in [0, 0.05) is 12.3 Å². The van der Waals surface area contributed by atoms with Crippen LogP contribution in [0, 0.1) is 6.92 Å². The highest BCUT2D eigenvalue weighted by molar-refractivity contribution is 5.17. The zero-order valence-corrected chi connectivity index (χ0v) is 8.29. The monoisotopic (exact) mass is 180 g/mol. The number of ether oxygens (including phenoxy) is 1. The van der Waals surface area contributed by atoms with E-state index in [1.807, 2.05) is 13.1 Å². The summed E-state index contributed by atoms with van der Waals surface area (Å²) in [6.07, 6.45) is 4.57. The van der Waals surface area contributed by atoms with E-state index in [1.165, 1.54) is 11.3 Å². The SMILES string of the molecule is CCOC1CCc2c(C)cnn2C1. The summed E-state index contributed by atoms with van der Waals surface area (Å²) < 4.78 is 7.67. The van der Waals surface area contributed by atoms with E-state index in [9.17, 15) is 0 Å². The van der Waals surface area contributed by atoms with Gasteiger partial charge in [-0.3, -0.25) is 4.68 Å². The predicted octanol–water partition coefficient (Wildman–Crippen LogP) is 1.54. The van der Waals surface area contributed by atoms with Gasteiger partial charge in [-0.1, -0.05) is 0 Å². The molecule has 0 amide bonds. The Hall–Kier alpha value is -0.830. The first kappa shape index (κ1) is 8.75. The molecule has 72 valence electrons. The molecule has 1 aliphatic heterocycles. The number of hydrogen-bond acceptors (Lipinski definition) is 2. The molecule has 1 aliphatic rings. The van der Waals surface area contributed by atoms with Gasteiger partial charge in [0.2, 0.25) is 0 Å². The van der Waals surface area contributed by atoms with Gasteiger partial charge in [-0.2, -0.15) is 5.10 Å². The van der Waals surface area contributed by atoms with Crippen molar-refractivity contribution in [2.45, 2.75) is 39.3 Å². The quantitative estimate of drug-likeness (QED) is 0.690. The molecular weight excluding hydrogens is 164 g/mol. The van der Waals surface area contributed by atoms with Crippen molar-refractivity contribution in [2.75, 3.05) is 6.61 Å². The fourth-order valence-corrected chi connectivity index (χ4v) is 1.94. The van der Waals surface area contributed by atoms with Gasteiger partial charge < -0.3 is 4.74 Å². The lowest BCUT2D eigenvalue weighted by atomic mass is 10.1. The number of fused-ring (bicyclic) bond motifs is 1. The standard InChI is InChI=1S/C10H16N2O/c1-3-13-9-4-5-10-8(2)6-11-12(10)7-9/h6,9H,3-5,7H2,1-2H3. The molecule has 0 fully saturated rings. The van der Waals surface area contributed by atoms with E-state index in [-0.39, 0.29) is 0 Å². The van der Waals surface area contributed by atoms with Crippen molar-refractivity contribution in [3.8, 4) is 0 Å². The molecule has 0 saturated carbocycles. The maximum absolute atomic E-state index is 5.59. The molecule has 0 bridgehead atoms. The number of rotatable bonds is 2. The van der Waals surface area contributed by atoms with Crippen LogP contribution in [0.3, 0.4) is 0 Å². The van der Waals surface area contributed by atoms with E-state index in [2.05, 4.69) is 16.7 Å². The summed E-state index contributed by atoms with van der Waals surface area (Å²) in [6.45, 7) is 5.90. The Morgan fingerprint density at radius 3 is 3.31 bits per heavy atom. The first-order chi connectivity index (χ1) is 6.31. The Morgan fingerprint density at radius 1 is 1.69 bits per heavy atom. The molecule has 1 unspecified atom stereocenters. The molecule has 0 saturated heterocycles. The molecule has 0 radical (unpaired) electrons. The molecule has 3 nitrogen and oxygen atoms in total. The normalized spacial score (nSPS) is 21.5. The fourth-order valence-electron chi connectivity index (χ4n) is 1.94. The lowest BCUT2D eigenvalue weighted by molar-refractivity contribution is 0.0336. The second-order valence-electron chi connectivity index (χ2n) is 3.57. The maximum Gasteiger partial charge on any atom is 0.0774 e. The summed E-state index contributed by atoms with van der Waals surface area (Å²) in [4.78, 5) is 0. The Labute approximate surface area is 78.7 Å². The maximum atomic E-state index is 5.59. The van der Waals surface area contributed by atoms with Crippen LogP contribution in [-0.2, 0) is 17.7 Å². The molecule has 0 spiro atoms. The molecular formula is C10H16N2O. The molecule has 1 aromatic rings. The summed E-state index contributed by atoms with van der Waals surface area (Å²) in [7, 11) is 0. The van der Waals surface area contributed by atoms with Crippen LogP contribution in [0.25, 0.3) is 0 Å². The molecule has 1 atom stereocenters. The van der Waals surface area contributed by atoms with Crippen molar-refractivity contribution in [2.24, 2.45) is 0 Å². The van der Waals surface area contributed by atoms with Crippen LogP contribution in [0.15, 0.2) is 6.20 Å². The summed E-state index contributed by atoms with van der Waals surface area (Å²) in [5.74, 6) is 0. The summed E-state index contributed by atoms with van der Waals surface area (Å²) in [5, 5.41) is 4.33. The highest BCUT2D eigenvalue weighted by Crippen LogP contribution is 2.19. The first-order valence-electron chi connectivity index (χ1n) is 4.94. The van der Waals surface area contributed by atoms with Gasteiger partial charge in [-0.25, -0.2) is 0 Å². The number of aromatic nitrogens is 2. The minimum absolute atomic E-state index is 0.372. The largest absolute Gasteiger partial charge is 0.377 e. The molecule has 0 N–H and O–H groups in total. The van der Waals surface area contributed by atoms with Crippen LogP contribution in [0.2, 0.25) is 0 Å². The third-order valence-corrected chi connectivity index (χ3v) is 2.64. The van der Waals surface area contributed by atoms with E-state index < -0.39 is 0 Å². The van der Waals surface area contributed by atoms with E-state index in [0.717, 1.165) is 26.0 Å². The second-order valence-corrected chi connectivity index (χ2v) is 3.57. The smallest absolute Gasteiger partial charge is 0.0774 e. The predicted molar refractivity (Wildman–Crippen MR) is 50.7 cm³/mol. The number of nitrogens with zero attached hydrogens (tertiary/aromatic N) is 2. The van der Waals surface area contributed by atoms with Crippen molar-refractivity contribution in [3.63, 3.8) is 0 Å². The van der Waals surface area contributed by atoms with Gasteiger partial charge in [-0.15, -0.1) is 0 Å². The molecule has 3 heteroatoms. The molecule has 2 rings (SSSR count). The van der Waals surface area contributed by atoms with Gasteiger partial charge in [-0.05, 0) is 32.3 Å². The van der Waals surface area contributed by atoms with E-state index in [0.29, 0.717) is 6.10 Å². The molecule has 1 aromatic heterocycles. The topological polar surface area (TPSA) is 27.1 Å². The molecule has 0 aromatic carbocycles. The van der Waals surface area contributed by atoms with Gasteiger partial charge in [0.05, 0.1) is 18.8 Å². The van der Waals surface area contributed by atoms with Crippen molar-refractivity contribution < 1.29 is 4.74 Å². The minimum Gasteiger partial charge on any atom is -0.377 e. The van der Waals surface area contributed by atoms with E-state index >= 15 is 0 Å². The van der Waals surface area contributed by atoms with Crippen molar-refractivity contribution in [1.82, 2.24) is 9.78 Å². The van der Waals surface area contributed by atoms with Crippen molar-refractivity contribution >= 4 is 0 Å².